The summed E-state index contributed by atoms with van der Waals surface area (Å²) >= 11 is 0. The predicted molar refractivity (Wildman–Crippen MR) is 68.1 cm³/mol. The Morgan fingerprint density at radius 2 is 1.44 bits per heavy atom. The van der Waals surface area contributed by atoms with Gasteiger partial charge in [0, 0.05) is 5.56 Å². The standard InChI is InChI=1S/C15H11N/c1-2-7-13(8-3-1)16-15-11-10-12-6-4-5-9-14(12)15/h1-11H. The summed E-state index contributed by atoms with van der Waals surface area (Å²) < 4.78 is 0. The zero-order valence-corrected chi connectivity index (χ0v) is 8.80. The molecule has 1 nitrogen and oxygen atoms in total. The van der Waals surface area contributed by atoms with E-state index in [1.807, 2.05) is 36.4 Å². The van der Waals surface area contributed by atoms with Crippen molar-refractivity contribution in [3.05, 3.63) is 71.8 Å². The molecule has 2 aromatic carbocycles. The number of allylic oxidation sites excluding steroid dienone is 1. The third kappa shape index (κ3) is 1.57. The van der Waals surface area contributed by atoms with Crippen molar-refractivity contribution in [2.45, 2.75) is 0 Å². The molecule has 0 N–H and O–H groups in total. The summed E-state index contributed by atoms with van der Waals surface area (Å²) in [7, 11) is 0. The monoisotopic (exact) mass is 205 g/mol. The van der Waals surface area contributed by atoms with Crippen LogP contribution in [-0.4, -0.2) is 5.71 Å². The Hall–Kier alpha value is -2.15. The first-order chi connectivity index (χ1) is 7.93. The summed E-state index contributed by atoms with van der Waals surface area (Å²) in [5, 5.41) is 0. The van der Waals surface area contributed by atoms with Crippen LogP contribution in [0.25, 0.3) is 6.08 Å². The lowest BCUT2D eigenvalue weighted by molar-refractivity contribution is 1.51. The van der Waals surface area contributed by atoms with E-state index in [1.165, 1.54) is 11.1 Å². The van der Waals surface area contributed by atoms with Gasteiger partial charge in [0.25, 0.3) is 0 Å². The van der Waals surface area contributed by atoms with Crippen molar-refractivity contribution in [1.29, 1.82) is 0 Å². The maximum absolute atomic E-state index is 4.63. The van der Waals surface area contributed by atoms with E-state index in [2.05, 4.69) is 35.3 Å². The summed E-state index contributed by atoms with van der Waals surface area (Å²) in [4.78, 5) is 4.63. The zero-order valence-electron chi connectivity index (χ0n) is 8.80. The topological polar surface area (TPSA) is 12.4 Å². The normalized spacial score (nSPS) is 15.4. The molecule has 1 aliphatic carbocycles. The fraction of sp³-hybridized carbons (Fsp3) is 0. The van der Waals surface area contributed by atoms with Gasteiger partial charge in [-0.15, -0.1) is 0 Å². The minimum absolute atomic E-state index is 0.999. The van der Waals surface area contributed by atoms with Crippen molar-refractivity contribution >= 4 is 17.5 Å². The van der Waals surface area contributed by atoms with E-state index >= 15 is 0 Å². The van der Waals surface area contributed by atoms with Crippen LogP contribution in [-0.2, 0) is 0 Å². The highest BCUT2D eigenvalue weighted by atomic mass is 14.7. The number of benzene rings is 2. The lowest BCUT2D eigenvalue weighted by Gasteiger charge is -1.99. The molecule has 0 amide bonds. The van der Waals surface area contributed by atoms with Gasteiger partial charge in [-0.2, -0.15) is 0 Å². The van der Waals surface area contributed by atoms with Gasteiger partial charge in [0.05, 0.1) is 11.4 Å². The van der Waals surface area contributed by atoms with Gasteiger partial charge >= 0.3 is 0 Å². The fourth-order valence-corrected chi connectivity index (χ4v) is 1.87. The van der Waals surface area contributed by atoms with E-state index in [1.54, 1.807) is 0 Å². The highest BCUT2D eigenvalue weighted by Gasteiger charge is 2.10. The average molecular weight is 205 g/mol. The SMILES string of the molecule is C1=Cc2ccccc2C1=Nc1ccccc1. The van der Waals surface area contributed by atoms with Crippen LogP contribution in [0.3, 0.4) is 0 Å². The summed E-state index contributed by atoms with van der Waals surface area (Å²) in [5.41, 5.74) is 4.50. The molecule has 1 heteroatoms. The molecule has 0 bridgehead atoms. The molecule has 0 saturated heterocycles. The predicted octanol–water partition coefficient (Wildman–Crippen LogP) is 3.83. The van der Waals surface area contributed by atoms with E-state index in [0.29, 0.717) is 0 Å². The minimum Gasteiger partial charge on any atom is -0.248 e. The van der Waals surface area contributed by atoms with Crippen LogP contribution in [0.5, 0.6) is 0 Å². The van der Waals surface area contributed by atoms with Gasteiger partial charge in [0.1, 0.15) is 0 Å². The first-order valence-electron chi connectivity index (χ1n) is 5.35. The van der Waals surface area contributed by atoms with Crippen LogP contribution < -0.4 is 0 Å². The first-order valence-corrected chi connectivity index (χ1v) is 5.35. The molecule has 76 valence electrons. The largest absolute Gasteiger partial charge is 0.248 e. The molecule has 16 heavy (non-hydrogen) atoms. The Bertz CT molecular complexity index is 565. The highest BCUT2D eigenvalue weighted by Crippen LogP contribution is 2.22. The molecule has 0 atom stereocenters. The third-order valence-electron chi connectivity index (χ3n) is 2.66. The second kappa shape index (κ2) is 3.78. The van der Waals surface area contributed by atoms with E-state index in [0.717, 1.165) is 11.4 Å². The average Bonchev–Trinajstić information content (AvgIpc) is 2.74. The van der Waals surface area contributed by atoms with Gasteiger partial charge in [0.15, 0.2) is 0 Å². The minimum atomic E-state index is 0.999. The summed E-state index contributed by atoms with van der Waals surface area (Å²) in [5.74, 6) is 0. The van der Waals surface area contributed by atoms with Crippen LogP contribution in [0.2, 0.25) is 0 Å². The quantitative estimate of drug-likeness (QED) is 0.670. The molecule has 2 aromatic rings. The van der Waals surface area contributed by atoms with Crippen LogP contribution in [0.15, 0.2) is 65.7 Å². The highest BCUT2D eigenvalue weighted by molar-refractivity contribution is 6.17. The van der Waals surface area contributed by atoms with Crippen molar-refractivity contribution in [3.63, 3.8) is 0 Å². The molecule has 0 fully saturated rings. The first kappa shape index (κ1) is 9.10. The van der Waals surface area contributed by atoms with Crippen molar-refractivity contribution in [2.24, 2.45) is 4.99 Å². The van der Waals surface area contributed by atoms with Gasteiger partial charge in [0.2, 0.25) is 0 Å². The van der Waals surface area contributed by atoms with Crippen LogP contribution in [0, 0.1) is 0 Å². The Labute approximate surface area is 94.8 Å². The van der Waals surface area contributed by atoms with Crippen molar-refractivity contribution < 1.29 is 0 Å². The number of hydrogen-bond acceptors (Lipinski definition) is 1. The second-order valence-corrected chi connectivity index (χ2v) is 3.75. The van der Waals surface area contributed by atoms with Crippen molar-refractivity contribution in [1.82, 2.24) is 0 Å². The van der Waals surface area contributed by atoms with Gasteiger partial charge in [-0.3, -0.25) is 0 Å². The van der Waals surface area contributed by atoms with E-state index < -0.39 is 0 Å². The van der Waals surface area contributed by atoms with Crippen molar-refractivity contribution in [2.75, 3.05) is 0 Å². The third-order valence-corrected chi connectivity index (χ3v) is 2.66. The second-order valence-electron chi connectivity index (χ2n) is 3.75. The van der Waals surface area contributed by atoms with Gasteiger partial charge in [-0.1, -0.05) is 48.5 Å². The molecule has 0 saturated carbocycles. The van der Waals surface area contributed by atoms with E-state index in [9.17, 15) is 0 Å². The maximum atomic E-state index is 4.63. The number of nitrogens with zero attached hydrogens (tertiary/aromatic N) is 1. The Balaban J connectivity index is 2.06. The van der Waals surface area contributed by atoms with Gasteiger partial charge in [-0.05, 0) is 23.8 Å². The molecule has 1 aliphatic rings. The molecule has 0 aromatic heterocycles. The Morgan fingerprint density at radius 3 is 2.31 bits per heavy atom. The molecule has 0 radical (unpaired) electrons. The van der Waals surface area contributed by atoms with E-state index in [-0.39, 0.29) is 0 Å². The number of aliphatic imine (C=N–C) groups is 1. The van der Waals surface area contributed by atoms with E-state index in [4.69, 9.17) is 0 Å². The Kier molecular flexibility index (Phi) is 2.15. The number of hydrogen-bond donors (Lipinski definition) is 0. The van der Waals surface area contributed by atoms with Crippen LogP contribution in [0.4, 0.5) is 5.69 Å². The fourth-order valence-electron chi connectivity index (χ4n) is 1.87. The molecule has 0 spiro atoms. The summed E-state index contributed by atoms with van der Waals surface area (Å²) in [6.07, 6.45) is 4.18. The van der Waals surface area contributed by atoms with Gasteiger partial charge in [-0.25, -0.2) is 4.99 Å². The maximum Gasteiger partial charge on any atom is 0.0715 e. The summed E-state index contributed by atoms with van der Waals surface area (Å²) in [6.45, 7) is 0. The number of fused-ring (bicyclic) bond motifs is 1. The Morgan fingerprint density at radius 1 is 0.688 bits per heavy atom. The van der Waals surface area contributed by atoms with Crippen LogP contribution in [0.1, 0.15) is 11.1 Å². The molecular formula is C15H11N. The smallest absolute Gasteiger partial charge is 0.0715 e. The van der Waals surface area contributed by atoms with Crippen LogP contribution >= 0.6 is 0 Å². The lowest BCUT2D eigenvalue weighted by Crippen LogP contribution is -1.92. The molecule has 0 unspecified atom stereocenters. The summed E-state index contributed by atoms with van der Waals surface area (Å²) in [6, 6.07) is 18.4. The lowest BCUT2D eigenvalue weighted by atomic mass is 10.1. The molecule has 3 rings (SSSR count). The number of para-hydroxylation sites is 1. The molecule has 0 heterocycles. The van der Waals surface area contributed by atoms with Gasteiger partial charge < -0.3 is 0 Å². The molecular weight excluding hydrogens is 194 g/mol. The van der Waals surface area contributed by atoms with Crippen molar-refractivity contribution in [3.8, 4) is 0 Å². The molecule has 0 aliphatic heterocycles. The zero-order chi connectivity index (χ0) is 10.8. The number of rotatable bonds is 1.